The summed E-state index contributed by atoms with van der Waals surface area (Å²) in [6, 6.07) is 10.6. The summed E-state index contributed by atoms with van der Waals surface area (Å²) >= 11 is 9.38. The molecule has 1 unspecified atom stereocenters. The molecule has 0 aliphatic rings. The van der Waals surface area contributed by atoms with Crippen molar-refractivity contribution in [1.29, 1.82) is 0 Å². The molecule has 1 heterocycles. The minimum absolute atomic E-state index is 0. The summed E-state index contributed by atoms with van der Waals surface area (Å²) in [6.07, 6.45) is 3.31. The molecule has 0 saturated heterocycles. The molecule has 94 valence electrons. The van der Waals surface area contributed by atoms with E-state index in [1.165, 1.54) is 0 Å². The summed E-state index contributed by atoms with van der Waals surface area (Å²) in [5.74, 6) is -0.0539. The molecule has 2 aromatic rings. The number of alkyl halides is 1. The Morgan fingerprint density at radius 3 is 2.39 bits per heavy atom. The molecule has 0 saturated carbocycles. The lowest BCUT2D eigenvalue weighted by molar-refractivity contribution is 0.0991. The average molecular weight is 391 g/mol. The summed E-state index contributed by atoms with van der Waals surface area (Å²) in [4.78, 5) is 15.7. The monoisotopic (exact) mass is 389 g/mol. The van der Waals surface area contributed by atoms with Gasteiger partial charge in [0.1, 0.15) is 4.83 Å². The van der Waals surface area contributed by atoms with Gasteiger partial charge in [-0.1, -0.05) is 39.7 Å². The van der Waals surface area contributed by atoms with Crippen LogP contribution in [-0.2, 0) is 0 Å². The summed E-state index contributed by atoms with van der Waals surface area (Å²) in [5, 5.41) is 0.469. The zero-order chi connectivity index (χ0) is 12.3. The van der Waals surface area contributed by atoms with Gasteiger partial charge in [-0.3, -0.25) is 9.78 Å². The Kier molecular flexibility index (Phi) is 5.99. The number of benzene rings is 1. The van der Waals surface area contributed by atoms with Crippen LogP contribution in [0, 0.1) is 0 Å². The molecule has 1 aromatic heterocycles. The maximum atomic E-state index is 12.2. The van der Waals surface area contributed by atoms with Crippen molar-refractivity contribution in [2.45, 2.75) is 4.83 Å². The summed E-state index contributed by atoms with van der Waals surface area (Å²) < 4.78 is 0. The normalized spacial score (nSPS) is 11.4. The second-order valence-corrected chi connectivity index (χ2v) is 4.81. The Morgan fingerprint density at radius 2 is 1.78 bits per heavy atom. The van der Waals surface area contributed by atoms with E-state index >= 15 is 0 Å². The van der Waals surface area contributed by atoms with Crippen molar-refractivity contribution >= 4 is 50.3 Å². The smallest absolute Gasteiger partial charge is 0.182 e. The van der Waals surface area contributed by atoms with Gasteiger partial charge in [-0.2, -0.15) is 0 Å². The third-order valence-electron chi connectivity index (χ3n) is 2.37. The van der Waals surface area contributed by atoms with E-state index < -0.39 is 4.83 Å². The van der Waals surface area contributed by atoms with Gasteiger partial charge in [0, 0.05) is 18.0 Å². The third-order valence-corrected chi connectivity index (χ3v) is 3.64. The Hall–Kier alpha value is -0.710. The largest absolute Gasteiger partial charge is 0.292 e. The first-order chi connectivity index (χ1) is 8.20. The van der Waals surface area contributed by atoms with Gasteiger partial charge in [0.25, 0.3) is 0 Å². The maximum Gasteiger partial charge on any atom is 0.182 e. The van der Waals surface area contributed by atoms with Crippen molar-refractivity contribution in [2.24, 2.45) is 0 Å². The predicted octanol–water partition coefficient (Wildman–Crippen LogP) is 4.63. The molecule has 1 atom stereocenters. The molecule has 0 amide bonds. The molecule has 0 spiro atoms. The zero-order valence-electron chi connectivity index (χ0n) is 9.22. The van der Waals surface area contributed by atoms with Crippen LogP contribution in [0.15, 0.2) is 48.8 Å². The van der Waals surface area contributed by atoms with E-state index in [4.69, 9.17) is 11.6 Å². The van der Waals surface area contributed by atoms with E-state index in [1.54, 1.807) is 48.8 Å². The number of Topliss-reactive ketones (excluding diaryl/α,β-unsaturated/α-hetero) is 1. The van der Waals surface area contributed by atoms with Gasteiger partial charge in [0.2, 0.25) is 0 Å². The fraction of sp³-hybridized carbons (Fsp3) is 0.0769. The van der Waals surface area contributed by atoms with Crippen LogP contribution in [0.25, 0.3) is 0 Å². The molecule has 1 aromatic carbocycles. The number of hydrogen-bond donors (Lipinski definition) is 0. The second-order valence-electron chi connectivity index (χ2n) is 3.49. The summed E-state index contributed by atoms with van der Waals surface area (Å²) in [6.45, 7) is 0. The van der Waals surface area contributed by atoms with Crippen molar-refractivity contribution < 1.29 is 4.79 Å². The highest BCUT2D eigenvalue weighted by atomic mass is 79.9. The average Bonchev–Trinajstić information content (AvgIpc) is 2.39. The van der Waals surface area contributed by atoms with E-state index in [9.17, 15) is 4.79 Å². The van der Waals surface area contributed by atoms with E-state index in [2.05, 4.69) is 20.9 Å². The zero-order valence-corrected chi connectivity index (χ0v) is 13.3. The minimum Gasteiger partial charge on any atom is -0.292 e. The highest BCUT2D eigenvalue weighted by Gasteiger charge is 2.20. The van der Waals surface area contributed by atoms with Gasteiger partial charge < -0.3 is 0 Å². The molecule has 5 heteroatoms. The number of pyridine rings is 1. The van der Waals surface area contributed by atoms with Gasteiger partial charge in [-0.15, -0.1) is 17.0 Å². The Bertz CT molecular complexity index is 534. The molecule has 18 heavy (non-hydrogen) atoms. The summed E-state index contributed by atoms with van der Waals surface area (Å²) in [5.41, 5.74) is 1.39. The Morgan fingerprint density at radius 1 is 1.17 bits per heavy atom. The number of carbonyl (C=O) groups excluding carboxylic acids is 1. The van der Waals surface area contributed by atoms with Crippen LogP contribution in [0.5, 0.6) is 0 Å². The predicted molar refractivity (Wildman–Crippen MR) is 82.0 cm³/mol. The first kappa shape index (κ1) is 15.3. The number of carbonyl (C=O) groups is 1. The molecule has 2 rings (SSSR count). The van der Waals surface area contributed by atoms with Crippen molar-refractivity contribution in [2.75, 3.05) is 0 Å². The molecule has 0 bridgehead atoms. The molecular weight excluding hydrogens is 381 g/mol. The molecule has 0 fully saturated rings. The lowest BCUT2D eigenvalue weighted by Gasteiger charge is -2.09. The second kappa shape index (κ2) is 7.02. The summed E-state index contributed by atoms with van der Waals surface area (Å²) in [7, 11) is 0. The van der Waals surface area contributed by atoms with Gasteiger partial charge in [-0.25, -0.2) is 0 Å². The van der Waals surface area contributed by atoms with Crippen LogP contribution >= 0.6 is 44.5 Å². The first-order valence-corrected chi connectivity index (χ1v) is 6.32. The van der Waals surface area contributed by atoms with Crippen LogP contribution in [0.1, 0.15) is 20.7 Å². The van der Waals surface area contributed by atoms with Crippen molar-refractivity contribution in [3.8, 4) is 0 Å². The van der Waals surface area contributed by atoms with Gasteiger partial charge in [0.15, 0.2) is 5.78 Å². The fourth-order valence-corrected chi connectivity index (χ4v) is 2.26. The number of nitrogens with zero attached hydrogens (tertiary/aromatic N) is 1. The maximum absolute atomic E-state index is 12.2. The number of halogens is 3. The Balaban J connectivity index is 0.00000162. The first-order valence-electron chi connectivity index (χ1n) is 5.03. The number of hydrogen-bond acceptors (Lipinski definition) is 2. The van der Waals surface area contributed by atoms with Crippen LogP contribution < -0.4 is 0 Å². The van der Waals surface area contributed by atoms with Gasteiger partial charge >= 0.3 is 0 Å². The van der Waals surface area contributed by atoms with Crippen molar-refractivity contribution in [3.63, 3.8) is 0 Å². The highest BCUT2D eigenvalue weighted by molar-refractivity contribution is 9.09. The highest BCUT2D eigenvalue weighted by Crippen LogP contribution is 2.29. The quantitative estimate of drug-likeness (QED) is 0.564. The van der Waals surface area contributed by atoms with Crippen LogP contribution in [0.4, 0.5) is 0 Å². The molecular formula is C13H10Br2ClNO. The SMILES string of the molecule is Br.O=C(c1ccccc1Cl)C(Br)c1ccncc1. The Labute approximate surface area is 129 Å². The van der Waals surface area contributed by atoms with E-state index in [0.29, 0.717) is 10.6 Å². The molecule has 0 N–H and O–H groups in total. The minimum atomic E-state index is -0.398. The van der Waals surface area contributed by atoms with Crippen LogP contribution in [-0.4, -0.2) is 10.8 Å². The lowest BCUT2D eigenvalue weighted by atomic mass is 10.0. The number of rotatable bonds is 3. The van der Waals surface area contributed by atoms with Crippen molar-refractivity contribution in [1.82, 2.24) is 4.98 Å². The van der Waals surface area contributed by atoms with Crippen LogP contribution in [0.3, 0.4) is 0 Å². The third kappa shape index (κ3) is 3.40. The van der Waals surface area contributed by atoms with Crippen LogP contribution in [0.2, 0.25) is 5.02 Å². The lowest BCUT2D eigenvalue weighted by Crippen LogP contribution is -2.07. The van der Waals surface area contributed by atoms with E-state index in [0.717, 1.165) is 5.56 Å². The fourth-order valence-electron chi connectivity index (χ4n) is 1.48. The van der Waals surface area contributed by atoms with E-state index in [-0.39, 0.29) is 22.8 Å². The van der Waals surface area contributed by atoms with Gasteiger partial charge in [-0.05, 0) is 29.8 Å². The molecule has 0 aliphatic carbocycles. The molecule has 0 radical (unpaired) electrons. The van der Waals surface area contributed by atoms with Gasteiger partial charge in [0.05, 0.1) is 5.02 Å². The van der Waals surface area contributed by atoms with E-state index in [1.807, 2.05) is 0 Å². The number of ketones is 1. The molecule has 2 nitrogen and oxygen atoms in total. The molecule has 0 aliphatic heterocycles. The van der Waals surface area contributed by atoms with Crippen molar-refractivity contribution in [3.05, 3.63) is 64.9 Å². The topological polar surface area (TPSA) is 30.0 Å². The number of aromatic nitrogens is 1. The standard InChI is InChI=1S/C13H9BrClNO.BrH/c14-12(9-5-7-16-8-6-9)13(17)10-3-1-2-4-11(10)15;/h1-8,12H;1H.